The van der Waals surface area contributed by atoms with Gasteiger partial charge in [0.1, 0.15) is 11.9 Å². The van der Waals surface area contributed by atoms with E-state index in [9.17, 15) is 9.59 Å². The van der Waals surface area contributed by atoms with Gasteiger partial charge in [-0.25, -0.2) is 9.78 Å². The van der Waals surface area contributed by atoms with Crippen LogP contribution in [0.2, 0.25) is 5.02 Å². The van der Waals surface area contributed by atoms with E-state index >= 15 is 0 Å². The van der Waals surface area contributed by atoms with E-state index in [-0.39, 0.29) is 23.7 Å². The molecule has 0 aliphatic carbocycles. The first-order chi connectivity index (χ1) is 14.5. The summed E-state index contributed by atoms with van der Waals surface area (Å²) in [5, 5.41) is 4.70. The zero-order valence-corrected chi connectivity index (χ0v) is 19.2. The first kappa shape index (κ1) is 21.6. The van der Waals surface area contributed by atoms with Crippen LogP contribution in [0.1, 0.15) is 55.5 Å². The van der Waals surface area contributed by atoms with E-state index in [0.717, 1.165) is 10.9 Å². The lowest BCUT2D eigenvalue weighted by Crippen LogP contribution is -2.55. The molecule has 1 aromatic carbocycles. The molecule has 3 aromatic rings. The van der Waals surface area contributed by atoms with Crippen LogP contribution in [-0.2, 0) is 4.74 Å². The number of amides is 1. The minimum absolute atomic E-state index is 0.0914. The van der Waals surface area contributed by atoms with Gasteiger partial charge in [-0.05, 0) is 58.9 Å². The molecule has 0 saturated carbocycles. The summed E-state index contributed by atoms with van der Waals surface area (Å²) < 4.78 is 7.32. The van der Waals surface area contributed by atoms with Crippen LogP contribution in [0.25, 0.3) is 16.4 Å². The third-order valence-corrected chi connectivity index (χ3v) is 5.50. The molecule has 7 nitrogen and oxygen atoms in total. The van der Waals surface area contributed by atoms with Gasteiger partial charge in [-0.1, -0.05) is 11.6 Å². The minimum atomic E-state index is -0.650. The number of fused-ring (bicyclic) bond motifs is 3. The highest BCUT2D eigenvalue weighted by Gasteiger charge is 2.29. The Morgan fingerprint density at radius 1 is 1.13 bits per heavy atom. The lowest BCUT2D eigenvalue weighted by Gasteiger charge is -2.36. The summed E-state index contributed by atoms with van der Waals surface area (Å²) >= 11 is 6.27. The van der Waals surface area contributed by atoms with Crippen LogP contribution in [0.15, 0.2) is 30.6 Å². The third kappa shape index (κ3) is 4.25. The van der Waals surface area contributed by atoms with Gasteiger partial charge in [0.05, 0.1) is 16.6 Å². The Morgan fingerprint density at radius 2 is 1.81 bits per heavy atom. The van der Waals surface area contributed by atoms with Crippen LogP contribution < -0.4 is 5.32 Å². The standard InChI is InChI=1S/C23H27ClN4O3/c1-13-10-27(11-14(2)26-13)21(29)17-9-19-20(22(30)31-23(3,4)5)25-12-28(19)18-7-6-15(24)8-16(17)18/h6-9,12-14,26H,10-11H2,1-5H3/t13-,14-/m0/s1. The van der Waals surface area contributed by atoms with E-state index in [4.69, 9.17) is 16.3 Å². The van der Waals surface area contributed by atoms with Crippen molar-refractivity contribution in [2.45, 2.75) is 52.3 Å². The summed E-state index contributed by atoms with van der Waals surface area (Å²) in [5.41, 5.74) is 1.32. The predicted molar refractivity (Wildman–Crippen MR) is 121 cm³/mol. The average molecular weight is 443 g/mol. The molecule has 1 aliphatic heterocycles. The van der Waals surface area contributed by atoms with Crippen molar-refractivity contribution in [3.05, 3.63) is 46.9 Å². The molecule has 3 heterocycles. The molecule has 4 rings (SSSR count). The fraction of sp³-hybridized carbons (Fsp3) is 0.435. The third-order valence-electron chi connectivity index (χ3n) is 5.26. The molecule has 1 amide bonds. The second-order valence-corrected chi connectivity index (χ2v) is 9.69. The normalized spacial score (nSPS) is 19.7. The topological polar surface area (TPSA) is 75.9 Å². The van der Waals surface area contributed by atoms with Gasteiger partial charge in [-0.15, -0.1) is 0 Å². The van der Waals surface area contributed by atoms with E-state index in [0.29, 0.717) is 29.2 Å². The maximum Gasteiger partial charge on any atom is 0.359 e. The van der Waals surface area contributed by atoms with Crippen LogP contribution >= 0.6 is 11.6 Å². The minimum Gasteiger partial charge on any atom is -0.455 e. The molecule has 2 aromatic heterocycles. The molecule has 1 N–H and O–H groups in total. The Kier molecular flexibility index (Phi) is 5.43. The highest BCUT2D eigenvalue weighted by Crippen LogP contribution is 2.29. The van der Waals surface area contributed by atoms with Crippen molar-refractivity contribution < 1.29 is 14.3 Å². The van der Waals surface area contributed by atoms with E-state index < -0.39 is 11.6 Å². The van der Waals surface area contributed by atoms with Crippen molar-refractivity contribution >= 4 is 39.9 Å². The molecule has 1 aliphatic rings. The number of halogens is 1. The molecule has 0 spiro atoms. The maximum absolute atomic E-state index is 13.6. The van der Waals surface area contributed by atoms with E-state index in [2.05, 4.69) is 24.1 Å². The monoisotopic (exact) mass is 442 g/mol. The second-order valence-electron chi connectivity index (χ2n) is 9.25. The number of pyridine rings is 1. The highest BCUT2D eigenvalue weighted by atomic mass is 35.5. The van der Waals surface area contributed by atoms with E-state index in [1.807, 2.05) is 31.7 Å². The number of rotatable bonds is 2. The number of ether oxygens (including phenoxy) is 1. The molecule has 8 heteroatoms. The SMILES string of the molecule is C[C@H]1CN(C(=O)c2cc3c(C(=O)OC(C)(C)C)ncn3c3ccc(Cl)cc23)C[C@H](C)N1. The van der Waals surface area contributed by atoms with Crippen LogP contribution in [0.5, 0.6) is 0 Å². The first-order valence-corrected chi connectivity index (χ1v) is 10.8. The van der Waals surface area contributed by atoms with Crippen molar-refractivity contribution in [2.24, 2.45) is 0 Å². The number of carbonyl (C=O) groups excluding carboxylic acids is 2. The van der Waals surface area contributed by atoms with Gasteiger partial charge >= 0.3 is 5.97 Å². The number of carbonyl (C=O) groups is 2. The van der Waals surface area contributed by atoms with Gasteiger partial charge in [0.25, 0.3) is 5.91 Å². The number of hydrogen-bond donors (Lipinski definition) is 1. The Bertz CT molecular complexity index is 1170. The summed E-state index contributed by atoms with van der Waals surface area (Å²) in [7, 11) is 0. The molecule has 0 unspecified atom stereocenters. The predicted octanol–water partition coefficient (Wildman–Crippen LogP) is 3.92. The van der Waals surface area contributed by atoms with Crippen molar-refractivity contribution in [3.8, 4) is 0 Å². The molecule has 1 fully saturated rings. The Balaban J connectivity index is 1.88. The molecule has 164 valence electrons. The second kappa shape index (κ2) is 7.80. The molecular formula is C23H27ClN4O3. The van der Waals surface area contributed by atoms with Gasteiger partial charge in [-0.2, -0.15) is 0 Å². The zero-order chi connectivity index (χ0) is 22.5. The number of hydrogen-bond acceptors (Lipinski definition) is 5. The summed E-state index contributed by atoms with van der Waals surface area (Å²) in [5.74, 6) is -0.613. The van der Waals surface area contributed by atoms with Crippen molar-refractivity contribution in [3.63, 3.8) is 0 Å². The molecule has 2 atom stereocenters. The van der Waals surface area contributed by atoms with Crippen molar-refractivity contribution in [1.29, 1.82) is 0 Å². The summed E-state index contributed by atoms with van der Waals surface area (Å²) in [6, 6.07) is 7.50. The number of aromatic nitrogens is 2. The van der Waals surface area contributed by atoms with Gasteiger partial charge in [-0.3, -0.25) is 9.20 Å². The molecule has 1 saturated heterocycles. The summed E-state index contributed by atoms with van der Waals surface area (Å²) in [6.45, 7) is 10.8. The first-order valence-electron chi connectivity index (χ1n) is 10.4. The van der Waals surface area contributed by atoms with Crippen molar-refractivity contribution in [1.82, 2.24) is 19.6 Å². The van der Waals surface area contributed by atoms with Gasteiger partial charge in [0.15, 0.2) is 5.69 Å². The lowest BCUT2D eigenvalue weighted by molar-refractivity contribution is 0.00656. The average Bonchev–Trinajstić information content (AvgIpc) is 3.08. The van der Waals surface area contributed by atoms with Gasteiger partial charge < -0.3 is 15.0 Å². The fourth-order valence-electron chi connectivity index (χ4n) is 4.16. The summed E-state index contributed by atoms with van der Waals surface area (Å²) in [6.07, 6.45) is 1.58. The molecule has 31 heavy (non-hydrogen) atoms. The highest BCUT2D eigenvalue weighted by molar-refractivity contribution is 6.31. The Morgan fingerprint density at radius 3 is 2.45 bits per heavy atom. The number of benzene rings is 1. The smallest absolute Gasteiger partial charge is 0.359 e. The largest absolute Gasteiger partial charge is 0.455 e. The quantitative estimate of drug-likeness (QED) is 0.609. The van der Waals surface area contributed by atoms with Crippen LogP contribution in [0.3, 0.4) is 0 Å². The lowest BCUT2D eigenvalue weighted by atomic mass is 10.0. The number of nitrogens with zero attached hydrogens (tertiary/aromatic N) is 3. The van der Waals surface area contributed by atoms with Gasteiger partial charge in [0.2, 0.25) is 0 Å². The van der Waals surface area contributed by atoms with E-state index in [1.165, 1.54) is 0 Å². The van der Waals surface area contributed by atoms with Crippen LogP contribution in [0, 0.1) is 0 Å². The van der Waals surface area contributed by atoms with Crippen LogP contribution in [-0.4, -0.2) is 56.9 Å². The zero-order valence-electron chi connectivity index (χ0n) is 18.4. The maximum atomic E-state index is 13.6. The van der Waals surface area contributed by atoms with Crippen molar-refractivity contribution in [2.75, 3.05) is 13.1 Å². The number of piperazine rings is 1. The fourth-order valence-corrected chi connectivity index (χ4v) is 4.33. The van der Waals surface area contributed by atoms with Gasteiger partial charge in [0, 0.05) is 35.6 Å². The molecule has 0 radical (unpaired) electrons. The Hall–Kier alpha value is -2.64. The molecule has 0 bridgehead atoms. The number of esters is 1. The number of imidazole rings is 1. The number of nitrogens with one attached hydrogen (secondary N) is 1. The van der Waals surface area contributed by atoms with E-state index in [1.54, 1.807) is 28.9 Å². The van der Waals surface area contributed by atoms with Crippen LogP contribution in [0.4, 0.5) is 0 Å². The summed E-state index contributed by atoms with van der Waals surface area (Å²) in [4.78, 5) is 32.5. The Labute approximate surface area is 186 Å². The molecular weight excluding hydrogens is 416 g/mol.